The highest BCUT2D eigenvalue weighted by Gasteiger charge is 2.58. The van der Waals surface area contributed by atoms with Crippen molar-refractivity contribution >= 4 is 47.6 Å². The fourth-order valence-corrected chi connectivity index (χ4v) is 7.01. The molecule has 0 radical (unpaired) electrons. The summed E-state index contributed by atoms with van der Waals surface area (Å²) in [6.07, 6.45) is -3.02. The summed E-state index contributed by atoms with van der Waals surface area (Å²) in [4.78, 5) is 37.7. The van der Waals surface area contributed by atoms with Crippen LogP contribution in [-0.4, -0.2) is 68.7 Å². The minimum atomic E-state index is -4.37. The molecule has 1 unspecified atom stereocenters. The Balaban J connectivity index is 1.29. The summed E-state index contributed by atoms with van der Waals surface area (Å²) in [7, 11) is -4.37. The zero-order valence-corrected chi connectivity index (χ0v) is 26.7. The molecule has 2 saturated heterocycles. The van der Waals surface area contributed by atoms with Gasteiger partial charge in [0, 0.05) is 5.39 Å². The van der Waals surface area contributed by atoms with Gasteiger partial charge in [0.05, 0.1) is 19.0 Å². The Hall–Kier alpha value is -4.30. The van der Waals surface area contributed by atoms with E-state index in [2.05, 4.69) is 20.0 Å². The minimum absolute atomic E-state index is 0.148. The monoisotopic (exact) mass is 654 g/mol. The van der Waals surface area contributed by atoms with Crippen molar-refractivity contribution in [2.45, 2.75) is 71.3 Å². The number of hydrogen-bond donors (Lipinski definition) is 2. The van der Waals surface area contributed by atoms with Crippen molar-refractivity contribution in [2.24, 2.45) is 5.41 Å². The first-order chi connectivity index (χ1) is 21.8. The quantitative estimate of drug-likeness (QED) is 0.179. The lowest BCUT2D eigenvalue weighted by Crippen LogP contribution is -2.41. The molecule has 3 N–H and O–H groups in total. The number of rotatable bonds is 10. The summed E-state index contributed by atoms with van der Waals surface area (Å²) in [5.74, 6) is -0.215. The molecule has 7 atom stereocenters. The maximum atomic E-state index is 14.6. The van der Waals surface area contributed by atoms with Gasteiger partial charge < -0.3 is 29.2 Å². The molecular formula is C30H35N6O9P. The molecule has 2 aliphatic rings. The highest BCUT2D eigenvalue weighted by Crippen LogP contribution is 2.50. The first-order valence-corrected chi connectivity index (χ1v) is 16.2. The van der Waals surface area contributed by atoms with Crippen LogP contribution in [0.25, 0.3) is 21.9 Å². The summed E-state index contributed by atoms with van der Waals surface area (Å²) in [5.41, 5.74) is 6.36. The molecule has 4 aromatic rings. The maximum absolute atomic E-state index is 14.6. The third kappa shape index (κ3) is 6.36. The Kier molecular flexibility index (Phi) is 8.36. The molecule has 244 valence electrons. The number of benzene rings is 2. The molecule has 2 aromatic carbocycles. The van der Waals surface area contributed by atoms with Crippen LogP contribution in [-0.2, 0) is 32.8 Å². The zero-order chi connectivity index (χ0) is 32.8. The van der Waals surface area contributed by atoms with Gasteiger partial charge in [-0.25, -0.2) is 24.3 Å². The fourth-order valence-electron chi connectivity index (χ4n) is 5.30. The molecule has 2 fully saturated rings. The van der Waals surface area contributed by atoms with E-state index in [9.17, 15) is 14.2 Å². The van der Waals surface area contributed by atoms with Gasteiger partial charge >= 0.3 is 19.9 Å². The topological polar surface area (TPSA) is 188 Å². The number of nitrogens with zero attached hydrogens (tertiary/aromatic N) is 4. The molecular weight excluding hydrogens is 619 g/mol. The van der Waals surface area contributed by atoms with Crippen molar-refractivity contribution in [1.82, 2.24) is 24.6 Å². The van der Waals surface area contributed by atoms with E-state index in [1.165, 1.54) is 19.6 Å². The highest BCUT2D eigenvalue weighted by atomic mass is 31.2. The van der Waals surface area contributed by atoms with E-state index < -0.39 is 56.6 Å². The van der Waals surface area contributed by atoms with Crippen molar-refractivity contribution in [2.75, 3.05) is 12.3 Å². The van der Waals surface area contributed by atoms with Gasteiger partial charge in [0.25, 0.3) is 0 Å². The van der Waals surface area contributed by atoms with E-state index in [0.717, 1.165) is 5.39 Å². The highest BCUT2D eigenvalue weighted by molar-refractivity contribution is 7.52. The van der Waals surface area contributed by atoms with Gasteiger partial charge in [0.2, 0.25) is 0 Å². The van der Waals surface area contributed by atoms with Crippen LogP contribution in [0.4, 0.5) is 10.6 Å². The Morgan fingerprint density at radius 3 is 2.61 bits per heavy atom. The van der Waals surface area contributed by atoms with E-state index in [0.29, 0.717) is 16.6 Å². The SMILES string of the molecule is C[C@H](NP(=O)(Oc1cccc2ccccc12)O[C@@H](C)[C@H]1O[C@@H](n2cnc3c(N)ncnc32)[C@@H]2OC(=O)O[C@@H]21)C(=O)OCC(C)(C)C. The van der Waals surface area contributed by atoms with Gasteiger partial charge in [-0.05, 0) is 30.7 Å². The third-order valence-corrected chi connectivity index (χ3v) is 9.19. The second kappa shape index (κ2) is 12.1. The molecule has 15 nitrogen and oxygen atoms in total. The number of imidazole rings is 1. The number of hydrogen-bond acceptors (Lipinski definition) is 13. The average molecular weight is 655 g/mol. The molecule has 16 heteroatoms. The number of carbonyl (C=O) groups is 2. The lowest BCUT2D eigenvalue weighted by Gasteiger charge is -2.29. The zero-order valence-electron chi connectivity index (χ0n) is 25.9. The van der Waals surface area contributed by atoms with Crippen molar-refractivity contribution in [3.05, 3.63) is 55.1 Å². The third-order valence-electron chi connectivity index (χ3n) is 7.44. The smallest absolute Gasteiger partial charge is 0.464 e. The molecule has 2 aliphatic heterocycles. The predicted molar refractivity (Wildman–Crippen MR) is 165 cm³/mol. The van der Waals surface area contributed by atoms with E-state index in [1.807, 2.05) is 51.1 Å². The normalized spacial score (nSPS) is 23.7. The number of ether oxygens (including phenoxy) is 4. The molecule has 0 bridgehead atoms. The van der Waals surface area contributed by atoms with Crippen LogP contribution >= 0.6 is 7.75 Å². The van der Waals surface area contributed by atoms with Crippen LogP contribution in [0.3, 0.4) is 0 Å². The van der Waals surface area contributed by atoms with Crippen molar-refractivity contribution in [3.63, 3.8) is 0 Å². The van der Waals surface area contributed by atoms with Crippen LogP contribution in [0, 0.1) is 5.41 Å². The van der Waals surface area contributed by atoms with Gasteiger partial charge in [-0.1, -0.05) is 57.2 Å². The molecule has 46 heavy (non-hydrogen) atoms. The van der Waals surface area contributed by atoms with E-state index in [1.54, 1.807) is 23.6 Å². The lowest BCUT2D eigenvalue weighted by atomic mass is 9.99. The number of fused-ring (bicyclic) bond motifs is 3. The van der Waals surface area contributed by atoms with Crippen LogP contribution in [0.1, 0.15) is 40.8 Å². The van der Waals surface area contributed by atoms with Crippen LogP contribution < -0.4 is 15.3 Å². The van der Waals surface area contributed by atoms with Crippen molar-refractivity contribution < 1.29 is 42.1 Å². The fraction of sp³-hybridized carbons (Fsp3) is 0.433. The maximum Gasteiger partial charge on any atom is 0.509 e. The number of aromatic nitrogens is 4. The van der Waals surface area contributed by atoms with Crippen LogP contribution in [0.5, 0.6) is 5.75 Å². The van der Waals surface area contributed by atoms with Gasteiger partial charge in [0.15, 0.2) is 29.9 Å². The summed E-state index contributed by atoms with van der Waals surface area (Å²) >= 11 is 0. The van der Waals surface area contributed by atoms with Crippen molar-refractivity contribution in [3.8, 4) is 5.75 Å². The van der Waals surface area contributed by atoms with Gasteiger partial charge in [-0.2, -0.15) is 5.09 Å². The molecule has 0 spiro atoms. The Bertz CT molecular complexity index is 1820. The summed E-state index contributed by atoms with van der Waals surface area (Å²) in [6, 6.07) is 11.6. The number of anilines is 1. The summed E-state index contributed by atoms with van der Waals surface area (Å²) < 4.78 is 51.1. The summed E-state index contributed by atoms with van der Waals surface area (Å²) in [5, 5.41) is 4.25. The first-order valence-electron chi connectivity index (χ1n) is 14.7. The van der Waals surface area contributed by atoms with E-state index >= 15 is 0 Å². The summed E-state index contributed by atoms with van der Waals surface area (Å²) in [6.45, 7) is 9.01. The van der Waals surface area contributed by atoms with Gasteiger partial charge in [-0.15, -0.1) is 0 Å². The minimum Gasteiger partial charge on any atom is -0.464 e. The number of esters is 1. The number of nitrogens with two attached hydrogens (primary N) is 1. The van der Waals surface area contributed by atoms with Crippen LogP contribution in [0.2, 0.25) is 0 Å². The molecule has 0 saturated carbocycles. The average Bonchev–Trinajstić information content (AvgIpc) is 3.69. The van der Waals surface area contributed by atoms with E-state index in [-0.39, 0.29) is 23.6 Å². The Morgan fingerprint density at radius 2 is 1.83 bits per heavy atom. The first kappa shape index (κ1) is 31.7. The Labute approximate surface area is 264 Å². The van der Waals surface area contributed by atoms with Crippen LogP contribution in [0.15, 0.2) is 55.1 Å². The largest absolute Gasteiger partial charge is 0.509 e. The molecule has 4 heterocycles. The standard InChI is InChI=1S/C30H35N6O9P/c1-16(28(37)40-13-30(3,4)5)35-46(39,45-20-12-8-10-18-9-6-7-11-19(18)20)44-17(2)22-23-24(43-29(38)42-23)27(41-22)36-15-34-21-25(31)32-14-33-26(21)36/h6-12,14-17,22-24,27H,13H2,1-5H3,(H,35,39)(H2,31,32,33)/t16-,17-,22+,23+,24+,27+,46?/m0/s1. The van der Waals surface area contributed by atoms with E-state index in [4.69, 9.17) is 33.7 Å². The lowest BCUT2D eigenvalue weighted by molar-refractivity contribution is -0.148. The molecule has 0 aliphatic carbocycles. The number of nitrogens with one attached hydrogen (secondary N) is 1. The number of carbonyl (C=O) groups excluding carboxylic acids is 2. The molecule has 0 amide bonds. The molecule has 2 aromatic heterocycles. The second-order valence-electron chi connectivity index (χ2n) is 12.4. The van der Waals surface area contributed by atoms with Crippen molar-refractivity contribution in [1.29, 1.82) is 0 Å². The van der Waals surface area contributed by atoms with Gasteiger partial charge in [0.1, 0.15) is 29.7 Å². The second-order valence-corrected chi connectivity index (χ2v) is 14.0. The Morgan fingerprint density at radius 1 is 1.09 bits per heavy atom. The predicted octanol–water partition coefficient (Wildman–Crippen LogP) is 4.52. The van der Waals surface area contributed by atoms with Gasteiger partial charge in [-0.3, -0.25) is 13.9 Å². The molecule has 6 rings (SSSR count). The number of nitrogen functional groups attached to an aromatic ring is 1.